The van der Waals surface area contributed by atoms with Crippen molar-refractivity contribution in [1.82, 2.24) is 5.32 Å². The van der Waals surface area contributed by atoms with E-state index < -0.39 is 6.23 Å². The van der Waals surface area contributed by atoms with E-state index in [0.717, 1.165) is 0 Å². The quantitative estimate of drug-likeness (QED) is 0.464. The molecule has 0 saturated carbocycles. The number of aliphatic hydroxyl groups excluding tert-OH is 1. The largest absolute Gasteiger partial charge is 0.374 e. The van der Waals surface area contributed by atoms with Crippen molar-refractivity contribution in [3.05, 3.63) is 0 Å². The minimum absolute atomic E-state index is 0.0480. The van der Waals surface area contributed by atoms with E-state index in [4.69, 9.17) is 5.11 Å². The second-order valence-electron chi connectivity index (χ2n) is 2.12. The standard InChI is InChI=1S/C5H8INO2/c6-3-1-4(8)7-5(9)2-3/h3-4,8H,1-2H2,(H,7,9). The van der Waals surface area contributed by atoms with E-state index in [1.165, 1.54) is 0 Å². The number of halogens is 1. The lowest BCUT2D eigenvalue weighted by Gasteiger charge is -2.21. The van der Waals surface area contributed by atoms with Crippen molar-refractivity contribution in [1.29, 1.82) is 0 Å². The highest BCUT2D eigenvalue weighted by Gasteiger charge is 2.22. The van der Waals surface area contributed by atoms with Crippen LogP contribution in [0.3, 0.4) is 0 Å². The molecule has 1 aliphatic rings. The van der Waals surface area contributed by atoms with Crippen LogP contribution in [0.5, 0.6) is 0 Å². The van der Waals surface area contributed by atoms with Gasteiger partial charge in [0.05, 0.1) is 0 Å². The van der Waals surface area contributed by atoms with E-state index >= 15 is 0 Å². The van der Waals surface area contributed by atoms with Gasteiger partial charge in [-0.1, -0.05) is 22.6 Å². The summed E-state index contributed by atoms with van der Waals surface area (Å²) in [6, 6.07) is 0. The number of amides is 1. The Labute approximate surface area is 67.0 Å². The van der Waals surface area contributed by atoms with Gasteiger partial charge in [-0.25, -0.2) is 0 Å². The molecule has 9 heavy (non-hydrogen) atoms. The summed E-state index contributed by atoms with van der Waals surface area (Å²) >= 11 is 2.17. The van der Waals surface area contributed by atoms with Crippen molar-refractivity contribution in [3.8, 4) is 0 Å². The number of nitrogens with one attached hydrogen (secondary N) is 1. The summed E-state index contributed by atoms with van der Waals surface area (Å²) in [7, 11) is 0. The molecule has 0 radical (unpaired) electrons. The van der Waals surface area contributed by atoms with Crippen molar-refractivity contribution in [2.75, 3.05) is 0 Å². The molecule has 2 unspecified atom stereocenters. The summed E-state index contributed by atoms with van der Waals surface area (Å²) in [4.78, 5) is 10.6. The average molecular weight is 241 g/mol. The predicted octanol–water partition coefficient (Wildman–Crippen LogP) is 0.0184. The van der Waals surface area contributed by atoms with Crippen LogP contribution in [-0.4, -0.2) is 21.2 Å². The minimum Gasteiger partial charge on any atom is -0.374 e. The van der Waals surface area contributed by atoms with E-state index in [9.17, 15) is 4.79 Å². The summed E-state index contributed by atoms with van der Waals surface area (Å²) in [5.74, 6) is -0.0480. The van der Waals surface area contributed by atoms with Gasteiger partial charge in [0.1, 0.15) is 6.23 Å². The highest BCUT2D eigenvalue weighted by atomic mass is 127. The molecule has 0 bridgehead atoms. The smallest absolute Gasteiger partial charge is 0.223 e. The molecule has 0 aromatic rings. The Morgan fingerprint density at radius 1 is 1.78 bits per heavy atom. The summed E-state index contributed by atoms with van der Waals surface area (Å²) in [6.07, 6.45) is 0.595. The van der Waals surface area contributed by atoms with E-state index in [1.807, 2.05) is 0 Å². The van der Waals surface area contributed by atoms with Crippen LogP contribution in [0.4, 0.5) is 0 Å². The molecule has 2 atom stereocenters. The van der Waals surface area contributed by atoms with Crippen LogP contribution in [0, 0.1) is 0 Å². The van der Waals surface area contributed by atoms with Gasteiger partial charge in [-0.15, -0.1) is 0 Å². The number of carbonyl (C=O) groups excluding carboxylic acids is 1. The molecule has 1 amide bonds. The fraction of sp³-hybridized carbons (Fsp3) is 0.800. The number of aliphatic hydroxyl groups is 1. The summed E-state index contributed by atoms with van der Waals surface area (Å²) in [5.41, 5.74) is 0. The van der Waals surface area contributed by atoms with Crippen LogP contribution in [0.25, 0.3) is 0 Å². The maximum Gasteiger partial charge on any atom is 0.223 e. The zero-order valence-corrected chi connectivity index (χ0v) is 6.96. The van der Waals surface area contributed by atoms with Crippen LogP contribution >= 0.6 is 22.6 Å². The second kappa shape index (κ2) is 2.83. The van der Waals surface area contributed by atoms with Gasteiger partial charge < -0.3 is 10.4 Å². The van der Waals surface area contributed by atoms with Crippen LogP contribution < -0.4 is 5.32 Å². The molecular weight excluding hydrogens is 233 g/mol. The Kier molecular flexibility index (Phi) is 2.29. The monoisotopic (exact) mass is 241 g/mol. The van der Waals surface area contributed by atoms with Gasteiger partial charge in [0.2, 0.25) is 5.91 Å². The summed E-state index contributed by atoms with van der Waals surface area (Å²) < 4.78 is 0.298. The van der Waals surface area contributed by atoms with Gasteiger partial charge in [-0.05, 0) is 0 Å². The summed E-state index contributed by atoms with van der Waals surface area (Å²) in [5, 5.41) is 11.3. The number of hydrogen-bond donors (Lipinski definition) is 2. The lowest BCUT2D eigenvalue weighted by molar-refractivity contribution is -0.126. The molecule has 1 rings (SSSR count). The number of alkyl halides is 1. The zero-order chi connectivity index (χ0) is 6.85. The first-order chi connectivity index (χ1) is 4.18. The Hall–Kier alpha value is 0.160. The van der Waals surface area contributed by atoms with Gasteiger partial charge in [-0.3, -0.25) is 4.79 Å². The van der Waals surface area contributed by atoms with Crippen LogP contribution in [0.15, 0.2) is 0 Å². The molecule has 4 heteroatoms. The molecule has 1 aliphatic heterocycles. The molecule has 52 valence electrons. The molecule has 0 aliphatic carbocycles. The Balaban J connectivity index is 2.43. The summed E-state index contributed by atoms with van der Waals surface area (Å²) in [6.45, 7) is 0. The molecule has 0 aromatic heterocycles. The van der Waals surface area contributed by atoms with Crippen LogP contribution in [0.2, 0.25) is 0 Å². The molecule has 1 fully saturated rings. The van der Waals surface area contributed by atoms with Crippen molar-refractivity contribution >= 4 is 28.5 Å². The van der Waals surface area contributed by atoms with Gasteiger partial charge in [0.25, 0.3) is 0 Å². The third-order valence-electron chi connectivity index (χ3n) is 1.21. The van der Waals surface area contributed by atoms with E-state index in [-0.39, 0.29) is 5.91 Å². The Bertz CT molecular complexity index is 116. The molecule has 0 spiro atoms. The average Bonchev–Trinajstić information content (AvgIpc) is 1.59. The van der Waals surface area contributed by atoms with Gasteiger partial charge >= 0.3 is 0 Å². The Morgan fingerprint density at radius 2 is 2.44 bits per heavy atom. The van der Waals surface area contributed by atoms with Gasteiger partial charge in [0.15, 0.2) is 0 Å². The molecule has 3 nitrogen and oxygen atoms in total. The van der Waals surface area contributed by atoms with Gasteiger partial charge in [-0.2, -0.15) is 0 Å². The molecule has 2 N–H and O–H groups in total. The second-order valence-corrected chi connectivity index (χ2v) is 3.88. The first-order valence-corrected chi connectivity index (χ1v) is 4.04. The molecular formula is C5H8INO2. The lowest BCUT2D eigenvalue weighted by Crippen LogP contribution is -2.42. The van der Waals surface area contributed by atoms with Crippen molar-refractivity contribution in [3.63, 3.8) is 0 Å². The molecule has 0 aromatic carbocycles. The predicted molar refractivity (Wildman–Crippen MR) is 41.2 cm³/mol. The van der Waals surface area contributed by atoms with Crippen LogP contribution in [-0.2, 0) is 4.79 Å². The third kappa shape index (κ3) is 2.09. The van der Waals surface area contributed by atoms with Crippen LogP contribution in [0.1, 0.15) is 12.8 Å². The van der Waals surface area contributed by atoms with Gasteiger partial charge in [0, 0.05) is 16.8 Å². The minimum atomic E-state index is -0.617. The van der Waals surface area contributed by atoms with E-state index in [1.54, 1.807) is 0 Å². The third-order valence-corrected chi connectivity index (χ3v) is 2.16. The molecule has 1 heterocycles. The number of carbonyl (C=O) groups is 1. The normalized spacial score (nSPS) is 36.0. The molecule has 1 saturated heterocycles. The van der Waals surface area contributed by atoms with E-state index in [2.05, 4.69) is 27.9 Å². The maximum absolute atomic E-state index is 10.6. The van der Waals surface area contributed by atoms with Crippen molar-refractivity contribution in [2.24, 2.45) is 0 Å². The maximum atomic E-state index is 10.6. The SMILES string of the molecule is O=C1CC(I)CC(O)N1. The number of rotatable bonds is 0. The number of hydrogen-bond acceptors (Lipinski definition) is 2. The zero-order valence-electron chi connectivity index (χ0n) is 4.80. The highest BCUT2D eigenvalue weighted by molar-refractivity contribution is 14.1. The fourth-order valence-corrected chi connectivity index (χ4v) is 1.71. The highest BCUT2D eigenvalue weighted by Crippen LogP contribution is 2.16. The van der Waals surface area contributed by atoms with E-state index in [0.29, 0.717) is 16.8 Å². The first-order valence-electron chi connectivity index (χ1n) is 2.80. The van der Waals surface area contributed by atoms with Crippen molar-refractivity contribution in [2.45, 2.75) is 23.0 Å². The Morgan fingerprint density at radius 3 is 2.89 bits per heavy atom. The van der Waals surface area contributed by atoms with Crippen molar-refractivity contribution < 1.29 is 9.90 Å². The topological polar surface area (TPSA) is 49.3 Å². The number of piperidine rings is 1. The fourth-order valence-electron chi connectivity index (χ4n) is 0.830. The lowest BCUT2D eigenvalue weighted by atomic mass is 10.1. The first kappa shape index (κ1) is 7.27.